The third-order valence-electron chi connectivity index (χ3n) is 4.82. The summed E-state index contributed by atoms with van der Waals surface area (Å²) in [5.41, 5.74) is -5.24. The minimum Gasteiger partial charge on any atom is -0.357 e. The first-order chi connectivity index (χ1) is 12.7. The van der Waals surface area contributed by atoms with E-state index >= 15 is 0 Å². The Kier molecular flexibility index (Phi) is 9.86. The quantitative estimate of drug-likeness (QED) is 0.449. The van der Waals surface area contributed by atoms with E-state index in [1.54, 1.807) is 0 Å². The van der Waals surface area contributed by atoms with Crippen LogP contribution in [0, 0.1) is 5.92 Å². The standard InChI is InChI=1S/C17H33F3N4O2S/c1-4-7-8-14(5-2)13-22-16(21-6-3)23-15-9-11-24(12-10-15)27(25,26)17(18,19)20/h14-15H,4-13H2,1-3H3,(H2,21,22,23). The Labute approximate surface area is 161 Å². The van der Waals surface area contributed by atoms with E-state index in [4.69, 9.17) is 0 Å². The topological polar surface area (TPSA) is 73.8 Å². The largest absolute Gasteiger partial charge is 0.511 e. The Morgan fingerprint density at radius 1 is 1.22 bits per heavy atom. The smallest absolute Gasteiger partial charge is 0.357 e. The fourth-order valence-corrected chi connectivity index (χ4v) is 4.02. The van der Waals surface area contributed by atoms with E-state index in [2.05, 4.69) is 29.5 Å². The van der Waals surface area contributed by atoms with Gasteiger partial charge in [-0.25, -0.2) is 8.42 Å². The number of rotatable bonds is 9. The SMILES string of the molecule is CCCCC(CC)CN=C(NCC)NC1CCN(S(=O)(=O)C(F)(F)F)CC1. The van der Waals surface area contributed by atoms with Gasteiger partial charge in [0.05, 0.1) is 0 Å². The number of piperidine rings is 1. The number of halogens is 3. The molecule has 2 N–H and O–H groups in total. The first kappa shape index (κ1) is 24.0. The van der Waals surface area contributed by atoms with Crippen molar-refractivity contribution >= 4 is 16.0 Å². The van der Waals surface area contributed by atoms with Crippen LogP contribution in [0.15, 0.2) is 4.99 Å². The molecule has 6 nitrogen and oxygen atoms in total. The van der Waals surface area contributed by atoms with Crippen molar-refractivity contribution in [3.05, 3.63) is 0 Å². The van der Waals surface area contributed by atoms with Crippen LogP contribution in [0.25, 0.3) is 0 Å². The molecule has 0 radical (unpaired) electrons. The average molecular weight is 415 g/mol. The van der Waals surface area contributed by atoms with Crippen LogP contribution in [-0.4, -0.2) is 56.4 Å². The number of guanidine groups is 1. The number of alkyl halides is 3. The highest BCUT2D eigenvalue weighted by molar-refractivity contribution is 7.90. The van der Waals surface area contributed by atoms with Gasteiger partial charge in [0.15, 0.2) is 5.96 Å². The maximum absolute atomic E-state index is 12.6. The van der Waals surface area contributed by atoms with E-state index in [9.17, 15) is 21.6 Å². The van der Waals surface area contributed by atoms with Crippen molar-refractivity contribution in [3.63, 3.8) is 0 Å². The molecule has 27 heavy (non-hydrogen) atoms. The number of nitrogens with one attached hydrogen (secondary N) is 2. The van der Waals surface area contributed by atoms with Gasteiger partial charge in [-0.2, -0.15) is 17.5 Å². The molecule has 1 rings (SSSR count). The Hall–Kier alpha value is -1.03. The maximum atomic E-state index is 12.6. The molecule has 0 aliphatic carbocycles. The normalized spacial score (nSPS) is 19.1. The predicted octanol–water partition coefficient (Wildman–Crippen LogP) is 3.07. The number of sulfonamides is 1. The van der Waals surface area contributed by atoms with Gasteiger partial charge in [0.2, 0.25) is 0 Å². The van der Waals surface area contributed by atoms with Gasteiger partial charge in [0.25, 0.3) is 0 Å². The Bertz CT molecular complexity index is 559. The van der Waals surface area contributed by atoms with E-state index in [-0.39, 0.29) is 19.1 Å². The van der Waals surface area contributed by atoms with Gasteiger partial charge in [-0.3, -0.25) is 4.99 Å². The molecule has 160 valence electrons. The second-order valence-corrected chi connectivity index (χ2v) is 8.83. The maximum Gasteiger partial charge on any atom is 0.511 e. The summed E-state index contributed by atoms with van der Waals surface area (Å²) in [6, 6.07) is -0.0989. The van der Waals surface area contributed by atoms with E-state index in [0.717, 1.165) is 19.3 Å². The second kappa shape index (κ2) is 11.1. The molecule has 0 saturated carbocycles. The minimum atomic E-state index is -5.24. The van der Waals surface area contributed by atoms with Crippen molar-refractivity contribution in [1.29, 1.82) is 0 Å². The van der Waals surface area contributed by atoms with Crippen LogP contribution in [0.1, 0.15) is 59.3 Å². The zero-order chi connectivity index (χ0) is 20.5. The molecule has 1 saturated heterocycles. The first-order valence-electron chi connectivity index (χ1n) is 9.76. The summed E-state index contributed by atoms with van der Waals surface area (Å²) >= 11 is 0. The molecule has 1 atom stereocenters. The molecule has 0 aromatic carbocycles. The van der Waals surface area contributed by atoms with Crippen molar-refractivity contribution in [3.8, 4) is 0 Å². The Morgan fingerprint density at radius 3 is 2.33 bits per heavy atom. The summed E-state index contributed by atoms with van der Waals surface area (Å²) in [6.45, 7) is 7.34. The predicted molar refractivity (Wildman–Crippen MR) is 102 cm³/mol. The Balaban J connectivity index is 2.61. The highest BCUT2D eigenvalue weighted by Gasteiger charge is 2.50. The highest BCUT2D eigenvalue weighted by Crippen LogP contribution is 2.28. The number of aliphatic imine (C=N–C) groups is 1. The number of hydrogen-bond acceptors (Lipinski definition) is 3. The van der Waals surface area contributed by atoms with E-state index in [1.165, 1.54) is 6.42 Å². The number of unbranched alkanes of at least 4 members (excludes halogenated alkanes) is 1. The van der Waals surface area contributed by atoms with Gasteiger partial charge in [0.1, 0.15) is 0 Å². The van der Waals surface area contributed by atoms with Crippen LogP contribution in [-0.2, 0) is 10.0 Å². The Morgan fingerprint density at radius 2 is 1.85 bits per heavy atom. The van der Waals surface area contributed by atoms with Gasteiger partial charge in [-0.15, -0.1) is 0 Å². The summed E-state index contributed by atoms with van der Waals surface area (Å²) in [7, 11) is -5.24. The van der Waals surface area contributed by atoms with Crippen LogP contribution >= 0.6 is 0 Å². The van der Waals surface area contributed by atoms with Crippen LogP contribution < -0.4 is 10.6 Å². The van der Waals surface area contributed by atoms with Crippen molar-refractivity contribution in [2.24, 2.45) is 10.9 Å². The lowest BCUT2D eigenvalue weighted by molar-refractivity contribution is -0.0494. The molecular formula is C17H33F3N4O2S. The highest BCUT2D eigenvalue weighted by atomic mass is 32.2. The molecule has 1 unspecified atom stereocenters. The molecule has 0 amide bonds. The summed E-state index contributed by atoms with van der Waals surface area (Å²) in [4.78, 5) is 4.62. The molecule has 1 heterocycles. The van der Waals surface area contributed by atoms with Crippen LogP contribution in [0.5, 0.6) is 0 Å². The summed E-state index contributed by atoms with van der Waals surface area (Å²) in [6.07, 6.45) is 5.13. The molecule has 0 spiro atoms. The summed E-state index contributed by atoms with van der Waals surface area (Å²) in [5, 5.41) is 6.40. The number of hydrogen-bond donors (Lipinski definition) is 2. The van der Waals surface area contributed by atoms with E-state index in [1.807, 2.05) is 6.92 Å². The van der Waals surface area contributed by atoms with Crippen molar-refractivity contribution in [1.82, 2.24) is 14.9 Å². The fraction of sp³-hybridized carbons (Fsp3) is 0.941. The van der Waals surface area contributed by atoms with Crippen molar-refractivity contribution in [2.45, 2.75) is 70.8 Å². The zero-order valence-electron chi connectivity index (χ0n) is 16.5. The van der Waals surface area contributed by atoms with Crippen LogP contribution in [0.2, 0.25) is 0 Å². The molecule has 1 fully saturated rings. The lowest BCUT2D eigenvalue weighted by Gasteiger charge is -2.32. The second-order valence-electron chi connectivity index (χ2n) is 6.90. The molecule has 1 aliphatic rings. The van der Waals surface area contributed by atoms with Crippen LogP contribution in [0.3, 0.4) is 0 Å². The fourth-order valence-electron chi connectivity index (χ4n) is 3.04. The lowest BCUT2D eigenvalue weighted by atomic mass is 10.00. The molecule has 0 aromatic heterocycles. The molecule has 10 heteroatoms. The lowest BCUT2D eigenvalue weighted by Crippen LogP contribution is -2.51. The van der Waals surface area contributed by atoms with Gasteiger partial charge in [0, 0.05) is 32.2 Å². The molecular weight excluding hydrogens is 381 g/mol. The molecule has 1 aliphatic heterocycles. The molecule has 0 bridgehead atoms. The molecule has 0 aromatic rings. The third kappa shape index (κ3) is 7.48. The van der Waals surface area contributed by atoms with E-state index < -0.39 is 15.5 Å². The summed E-state index contributed by atoms with van der Waals surface area (Å²) < 4.78 is 61.4. The monoisotopic (exact) mass is 414 g/mol. The van der Waals surface area contributed by atoms with Gasteiger partial charge in [-0.05, 0) is 32.1 Å². The first-order valence-corrected chi connectivity index (χ1v) is 11.2. The average Bonchev–Trinajstić information content (AvgIpc) is 2.61. The zero-order valence-corrected chi connectivity index (χ0v) is 17.3. The van der Waals surface area contributed by atoms with Gasteiger partial charge >= 0.3 is 15.5 Å². The van der Waals surface area contributed by atoms with Crippen molar-refractivity contribution < 1.29 is 21.6 Å². The van der Waals surface area contributed by atoms with Crippen LogP contribution in [0.4, 0.5) is 13.2 Å². The third-order valence-corrected chi connectivity index (χ3v) is 6.45. The van der Waals surface area contributed by atoms with Crippen molar-refractivity contribution in [2.75, 3.05) is 26.2 Å². The summed E-state index contributed by atoms with van der Waals surface area (Å²) in [5.74, 6) is 1.16. The minimum absolute atomic E-state index is 0.0989. The van der Waals surface area contributed by atoms with Gasteiger partial charge in [-0.1, -0.05) is 33.1 Å². The van der Waals surface area contributed by atoms with Gasteiger partial charge < -0.3 is 10.6 Å². The number of nitrogens with zero attached hydrogens (tertiary/aromatic N) is 2. The van der Waals surface area contributed by atoms with E-state index in [0.29, 0.717) is 42.1 Å².